The van der Waals surface area contributed by atoms with Crippen molar-refractivity contribution in [3.8, 4) is 0 Å². The van der Waals surface area contributed by atoms with Crippen molar-refractivity contribution in [3.05, 3.63) is 47.9 Å². The van der Waals surface area contributed by atoms with Gasteiger partial charge in [0.05, 0.1) is 11.8 Å². The normalized spacial score (nSPS) is 11.3. The number of nitrogens with one attached hydrogen (secondary N) is 1. The highest BCUT2D eigenvalue weighted by molar-refractivity contribution is 6.03. The minimum Gasteiger partial charge on any atom is -0.364 e. The van der Waals surface area contributed by atoms with E-state index < -0.39 is 0 Å². The summed E-state index contributed by atoms with van der Waals surface area (Å²) in [5, 5.41) is 6.28. The minimum absolute atomic E-state index is 0.108. The molecule has 1 N–H and O–H groups in total. The first-order valence-corrected chi connectivity index (χ1v) is 5.78. The summed E-state index contributed by atoms with van der Waals surface area (Å²) in [6.45, 7) is 6.45. The molecule has 2 aromatic rings. The number of rotatable bonds is 2. The van der Waals surface area contributed by atoms with Crippen LogP contribution >= 0.6 is 0 Å². The van der Waals surface area contributed by atoms with Gasteiger partial charge in [-0.2, -0.15) is 0 Å². The zero-order valence-electron chi connectivity index (χ0n) is 10.7. The van der Waals surface area contributed by atoms with Gasteiger partial charge in [0.15, 0.2) is 0 Å². The van der Waals surface area contributed by atoms with Gasteiger partial charge in [-0.15, -0.1) is 0 Å². The Balaban J connectivity index is 2.09. The summed E-state index contributed by atoms with van der Waals surface area (Å²) in [5.41, 5.74) is 2.51. The molecule has 0 aliphatic carbocycles. The van der Waals surface area contributed by atoms with E-state index in [9.17, 15) is 4.79 Å². The second kappa shape index (κ2) is 4.64. The molecule has 0 spiro atoms. The smallest absolute Gasteiger partial charge is 0.260 e. The van der Waals surface area contributed by atoms with Gasteiger partial charge in [-0.05, 0) is 23.1 Å². The fourth-order valence-corrected chi connectivity index (χ4v) is 1.57. The van der Waals surface area contributed by atoms with Crippen LogP contribution in [0.25, 0.3) is 0 Å². The summed E-state index contributed by atoms with van der Waals surface area (Å²) in [5.74, 6) is -0.222. The molecule has 0 aliphatic heterocycles. The van der Waals surface area contributed by atoms with E-state index in [2.05, 4.69) is 35.8 Å². The molecule has 4 nitrogen and oxygen atoms in total. The standard InChI is InChI=1S/C14H16N2O2/c1-14(2,3)11-4-6-12(7-5-11)16-13(17)10-8-15-18-9-10/h4-9H,1-3H3,(H,16,17). The Morgan fingerprint density at radius 2 is 1.89 bits per heavy atom. The Morgan fingerprint density at radius 1 is 1.22 bits per heavy atom. The molecule has 1 aromatic carbocycles. The third kappa shape index (κ3) is 2.77. The van der Waals surface area contributed by atoms with E-state index in [1.165, 1.54) is 18.0 Å². The van der Waals surface area contributed by atoms with E-state index >= 15 is 0 Å². The van der Waals surface area contributed by atoms with E-state index in [-0.39, 0.29) is 11.3 Å². The number of nitrogens with zero attached hydrogens (tertiary/aromatic N) is 1. The number of carbonyl (C=O) groups is 1. The molecule has 0 saturated carbocycles. The van der Waals surface area contributed by atoms with Crippen LogP contribution in [0, 0.1) is 0 Å². The topological polar surface area (TPSA) is 55.1 Å². The molecule has 0 aliphatic rings. The van der Waals surface area contributed by atoms with Crippen LogP contribution in [0.1, 0.15) is 36.7 Å². The Morgan fingerprint density at radius 3 is 2.39 bits per heavy atom. The predicted octanol–water partition coefficient (Wildman–Crippen LogP) is 3.22. The number of anilines is 1. The lowest BCUT2D eigenvalue weighted by atomic mass is 9.87. The third-order valence-corrected chi connectivity index (χ3v) is 2.70. The molecule has 1 aromatic heterocycles. The number of carbonyl (C=O) groups excluding carboxylic acids is 1. The van der Waals surface area contributed by atoms with E-state index in [0.29, 0.717) is 5.56 Å². The molecule has 1 amide bonds. The predicted molar refractivity (Wildman–Crippen MR) is 69.6 cm³/mol. The molecule has 0 saturated heterocycles. The molecule has 18 heavy (non-hydrogen) atoms. The van der Waals surface area contributed by atoms with E-state index in [4.69, 9.17) is 0 Å². The zero-order chi connectivity index (χ0) is 13.2. The molecule has 0 bridgehead atoms. The van der Waals surface area contributed by atoms with E-state index in [0.717, 1.165) is 5.69 Å². The summed E-state index contributed by atoms with van der Waals surface area (Å²) >= 11 is 0. The average molecular weight is 244 g/mol. The summed E-state index contributed by atoms with van der Waals surface area (Å²) in [6, 6.07) is 7.82. The number of benzene rings is 1. The molecule has 4 heteroatoms. The minimum atomic E-state index is -0.222. The van der Waals surface area contributed by atoms with Crippen molar-refractivity contribution < 1.29 is 9.32 Å². The maximum absolute atomic E-state index is 11.7. The second-order valence-corrected chi connectivity index (χ2v) is 5.19. The van der Waals surface area contributed by atoms with Crippen LogP contribution in [0.2, 0.25) is 0 Å². The quantitative estimate of drug-likeness (QED) is 0.882. The third-order valence-electron chi connectivity index (χ3n) is 2.70. The summed E-state index contributed by atoms with van der Waals surface area (Å²) in [7, 11) is 0. The van der Waals surface area contributed by atoms with Crippen LogP contribution in [0.3, 0.4) is 0 Å². The first kappa shape index (κ1) is 12.4. The van der Waals surface area contributed by atoms with E-state index in [1.807, 2.05) is 24.3 Å². The molecule has 1 heterocycles. The Kier molecular flexibility index (Phi) is 3.19. The van der Waals surface area contributed by atoms with Crippen molar-refractivity contribution in [3.63, 3.8) is 0 Å². The lowest BCUT2D eigenvalue weighted by Gasteiger charge is -2.19. The summed E-state index contributed by atoms with van der Waals surface area (Å²) in [6.07, 6.45) is 2.71. The Bertz CT molecular complexity index is 522. The van der Waals surface area contributed by atoms with Gasteiger partial charge in [-0.1, -0.05) is 38.1 Å². The number of hydrogen-bond acceptors (Lipinski definition) is 3. The van der Waals surface area contributed by atoms with Gasteiger partial charge < -0.3 is 9.84 Å². The molecule has 0 radical (unpaired) electrons. The molecular formula is C14H16N2O2. The maximum Gasteiger partial charge on any atom is 0.260 e. The molecule has 0 fully saturated rings. The highest BCUT2D eigenvalue weighted by Gasteiger charge is 2.13. The first-order valence-electron chi connectivity index (χ1n) is 5.78. The highest BCUT2D eigenvalue weighted by atomic mass is 16.5. The SMILES string of the molecule is CC(C)(C)c1ccc(NC(=O)c2cnoc2)cc1. The average Bonchev–Trinajstić information content (AvgIpc) is 2.82. The lowest BCUT2D eigenvalue weighted by Crippen LogP contribution is -2.13. The van der Waals surface area contributed by atoms with Crippen LogP contribution in [0.15, 0.2) is 41.2 Å². The van der Waals surface area contributed by atoms with Crippen molar-refractivity contribution in [1.82, 2.24) is 5.16 Å². The number of aromatic nitrogens is 1. The molecule has 2 rings (SSSR count). The molecule has 94 valence electrons. The largest absolute Gasteiger partial charge is 0.364 e. The van der Waals surface area contributed by atoms with Crippen LogP contribution in [0.5, 0.6) is 0 Å². The highest BCUT2D eigenvalue weighted by Crippen LogP contribution is 2.23. The van der Waals surface area contributed by atoms with Gasteiger partial charge in [-0.3, -0.25) is 4.79 Å². The van der Waals surface area contributed by atoms with Crippen molar-refractivity contribution in [2.75, 3.05) is 5.32 Å². The Labute approximate surface area is 106 Å². The fraction of sp³-hybridized carbons (Fsp3) is 0.286. The van der Waals surface area contributed by atoms with E-state index in [1.54, 1.807) is 0 Å². The van der Waals surface area contributed by atoms with Gasteiger partial charge in [0.25, 0.3) is 5.91 Å². The Hall–Kier alpha value is -2.10. The van der Waals surface area contributed by atoms with Crippen molar-refractivity contribution >= 4 is 11.6 Å². The fourth-order valence-electron chi connectivity index (χ4n) is 1.57. The van der Waals surface area contributed by atoms with Gasteiger partial charge in [0.2, 0.25) is 0 Å². The molecular weight excluding hydrogens is 228 g/mol. The summed E-state index contributed by atoms with van der Waals surface area (Å²) < 4.78 is 4.63. The molecule has 0 atom stereocenters. The maximum atomic E-state index is 11.7. The number of amides is 1. The van der Waals surface area contributed by atoms with Crippen LogP contribution in [-0.4, -0.2) is 11.1 Å². The molecule has 0 unspecified atom stereocenters. The van der Waals surface area contributed by atoms with Crippen LogP contribution in [0.4, 0.5) is 5.69 Å². The number of hydrogen-bond donors (Lipinski definition) is 1. The van der Waals surface area contributed by atoms with Crippen molar-refractivity contribution in [2.24, 2.45) is 0 Å². The summed E-state index contributed by atoms with van der Waals surface area (Å²) in [4.78, 5) is 11.7. The second-order valence-electron chi connectivity index (χ2n) is 5.19. The monoisotopic (exact) mass is 244 g/mol. The van der Waals surface area contributed by atoms with Gasteiger partial charge in [-0.25, -0.2) is 0 Å². The van der Waals surface area contributed by atoms with Gasteiger partial charge in [0, 0.05) is 5.69 Å². The zero-order valence-corrected chi connectivity index (χ0v) is 10.7. The van der Waals surface area contributed by atoms with Gasteiger partial charge >= 0.3 is 0 Å². The van der Waals surface area contributed by atoms with Crippen molar-refractivity contribution in [1.29, 1.82) is 0 Å². The van der Waals surface area contributed by atoms with Crippen LogP contribution < -0.4 is 5.32 Å². The van der Waals surface area contributed by atoms with Crippen LogP contribution in [-0.2, 0) is 5.41 Å². The lowest BCUT2D eigenvalue weighted by molar-refractivity contribution is 0.102. The van der Waals surface area contributed by atoms with Crippen molar-refractivity contribution in [2.45, 2.75) is 26.2 Å². The first-order chi connectivity index (χ1) is 8.47. The van der Waals surface area contributed by atoms with Gasteiger partial charge in [0.1, 0.15) is 6.26 Å².